The van der Waals surface area contributed by atoms with Crippen LogP contribution >= 0.6 is 0 Å². The fourth-order valence-electron chi connectivity index (χ4n) is 1.81. The van der Waals surface area contributed by atoms with Crippen LogP contribution in [0.3, 0.4) is 0 Å². The molecule has 4 heteroatoms. The monoisotopic (exact) mass is 257 g/mol. The van der Waals surface area contributed by atoms with E-state index < -0.39 is 0 Å². The number of hydrogen-bond donors (Lipinski definition) is 1. The van der Waals surface area contributed by atoms with E-state index in [1.54, 1.807) is 10.9 Å². The van der Waals surface area contributed by atoms with Gasteiger partial charge in [0.05, 0.1) is 5.69 Å². The van der Waals surface area contributed by atoms with Crippen molar-refractivity contribution >= 4 is 11.6 Å². The number of rotatable bonds is 3. The van der Waals surface area contributed by atoms with E-state index in [0.717, 1.165) is 11.4 Å². The summed E-state index contributed by atoms with van der Waals surface area (Å²) >= 11 is 0. The summed E-state index contributed by atoms with van der Waals surface area (Å²) in [5.41, 5.74) is 1.78. The minimum atomic E-state index is -0.000908. The van der Waals surface area contributed by atoms with E-state index in [-0.39, 0.29) is 11.3 Å². The molecule has 0 aliphatic heterocycles. The number of carbonyl (C=O) groups excluding carboxylic acids is 1. The Labute approximate surface area is 113 Å². The Bertz CT molecular complexity index is 536. The van der Waals surface area contributed by atoms with Crippen LogP contribution in [0.4, 0.5) is 5.69 Å². The van der Waals surface area contributed by atoms with Gasteiger partial charge >= 0.3 is 0 Å². The molecule has 0 spiro atoms. The second-order valence-corrected chi connectivity index (χ2v) is 5.78. The lowest BCUT2D eigenvalue weighted by Crippen LogP contribution is -2.19. The molecule has 19 heavy (non-hydrogen) atoms. The molecule has 0 saturated carbocycles. The van der Waals surface area contributed by atoms with Crippen molar-refractivity contribution in [3.63, 3.8) is 0 Å². The van der Waals surface area contributed by atoms with Crippen molar-refractivity contribution in [2.45, 2.75) is 27.2 Å². The van der Waals surface area contributed by atoms with Crippen molar-refractivity contribution in [3.05, 3.63) is 42.7 Å². The number of anilines is 1. The van der Waals surface area contributed by atoms with E-state index in [4.69, 9.17) is 0 Å². The van der Waals surface area contributed by atoms with Crippen LogP contribution in [0.1, 0.15) is 27.2 Å². The molecule has 1 heterocycles. The highest BCUT2D eigenvalue weighted by atomic mass is 16.1. The Balaban J connectivity index is 2.01. The van der Waals surface area contributed by atoms with Gasteiger partial charge in [0.1, 0.15) is 0 Å². The van der Waals surface area contributed by atoms with Gasteiger partial charge in [-0.25, -0.2) is 4.68 Å². The van der Waals surface area contributed by atoms with Gasteiger partial charge in [-0.1, -0.05) is 20.8 Å². The van der Waals surface area contributed by atoms with Crippen LogP contribution in [0.25, 0.3) is 5.69 Å². The van der Waals surface area contributed by atoms with Gasteiger partial charge in [-0.3, -0.25) is 4.79 Å². The molecule has 0 bridgehead atoms. The van der Waals surface area contributed by atoms with Crippen molar-refractivity contribution in [2.24, 2.45) is 5.41 Å². The van der Waals surface area contributed by atoms with Crippen molar-refractivity contribution in [1.82, 2.24) is 9.78 Å². The van der Waals surface area contributed by atoms with Gasteiger partial charge in [0.25, 0.3) is 0 Å². The normalized spacial score (nSPS) is 11.3. The Kier molecular flexibility index (Phi) is 3.69. The summed E-state index contributed by atoms with van der Waals surface area (Å²) in [6, 6.07) is 9.51. The van der Waals surface area contributed by atoms with Crippen molar-refractivity contribution < 1.29 is 4.79 Å². The number of nitrogens with zero attached hydrogens (tertiary/aromatic N) is 2. The van der Waals surface area contributed by atoms with Crippen LogP contribution in [-0.4, -0.2) is 15.7 Å². The van der Waals surface area contributed by atoms with Crippen LogP contribution in [0, 0.1) is 5.41 Å². The number of aromatic nitrogens is 2. The SMILES string of the molecule is CC(C)(C)CC(=O)Nc1ccc(-n2cccn2)cc1. The van der Waals surface area contributed by atoms with E-state index in [9.17, 15) is 4.79 Å². The molecular weight excluding hydrogens is 238 g/mol. The molecule has 2 rings (SSSR count). The first kappa shape index (κ1) is 13.3. The maximum atomic E-state index is 11.8. The van der Waals surface area contributed by atoms with Gasteiger partial charge < -0.3 is 5.32 Å². The van der Waals surface area contributed by atoms with Gasteiger partial charge in [0.2, 0.25) is 5.91 Å². The minimum Gasteiger partial charge on any atom is -0.326 e. The summed E-state index contributed by atoms with van der Waals surface area (Å²) in [4.78, 5) is 11.8. The maximum Gasteiger partial charge on any atom is 0.224 e. The molecule has 0 aliphatic carbocycles. The molecular formula is C15H19N3O. The van der Waals surface area contributed by atoms with E-state index in [1.165, 1.54) is 0 Å². The van der Waals surface area contributed by atoms with E-state index in [0.29, 0.717) is 6.42 Å². The van der Waals surface area contributed by atoms with Crippen molar-refractivity contribution in [1.29, 1.82) is 0 Å². The quantitative estimate of drug-likeness (QED) is 0.917. The Morgan fingerprint density at radius 3 is 2.47 bits per heavy atom. The highest BCUT2D eigenvalue weighted by Crippen LogP contribution is 2.20. The third-order valence-electron chi connectivity index (χ3n) is 2.61. The molecule has 0 atom stereocenters. The van der Waals surface area contributed by atoms with Gasteiger partial charge in [0, 0.05) is 24.5 Å². The topological polar surface area (TPSA) is 46.9 Å². The lowest BCUT2D eigenvalue weighted by molar-refractivity contribution is -0.117. The smallest absolute Gasteiger partial charge is 0.224 e. The lowest BCUT2D eigenvalue weighted by atomic mass is 9.92. The summed E-state index contributed by atoms with van der Waals surface area (Å²) in [5, 5.41) is 7.06. The summed E-state index contributed by atoms with van der Waals surface area (Å²) < 4.78 is 1.78. The van der Waals surface area contributed by atoms with E-state index in [2.05, 4.69) is 10.4 Å². The molecule has 100 valence electrons. The number of benzene rings is 1. The zero-order chi connectivity index (χ0) is 13.9. The zero-order valence-corrected chi connectivity index (χ0v) is 11.6. The molecule has 0 saturated heterocycles. The average molecular weight is 257 g/mol. The standard InChI is InChI=1S/C15H19N3O/c1-15(2,3)11-14(19)17-12-5-7-13(8-6-12)18-10-4-9-16-18/h4-10H,11H2,1-3H3,(H,17,19). The molecule has 4 nitrogen and oxygen atoms in total. The Morgan fingerprint density at radius 1 is 1.26 bits per heavy atom. The fraction of sp³-hybridized carbons (Fsp3) is 0.333. The fourth-order valence-corrected chi connectivity index (χ4v) is 1.81. The van der Waals surface area contributed by atoms with Crippen molar-refractivity contribution in [3.8, 4) is 5.69 Å². The van der Waals surface area contributed by atoms with Gasteiger partial charge in [-0.2, -0.15) is 5.10 Å². The van der Waals surface area contributed by atoms with Gasteiger partial charge in [-0.05, 0) is 35.7 Å². The molecule has 2 aromatic rings. The Hall–Kier alpha value is -2.10. The molecule has 1 amide bonds. The van der Waals surface area contributed by atoms with Crippen LogP contribution in [0.2, 0.25) is 0 Å². The third kappa shape index (κ3) is 3.95. The number of nitrogens with one attached hydrogen (secondary N) is 1. The minimum absolute atomic E-state index is 0.000908. The molecule has 0 radical (unpaired) electrons. The number of hydrogen-bond acceptors (Lipinski definition) is 2. The molecule has 1 aromatic carbocycles. The maximum absolute atomic E-state index is 11.8. The first-order valence-corrected chi connectivity index (χ1v) is 6.34. The molecule has 0 unspecified atom stereocenters. The lowest BCUT2D eigenvalue weighted by Gasteiger charge is -2.17. The van der Waals surface area contributed by atoms with Gasteiger partial charge in [-0.15, -0.1) is 0 Å². The predicted octanol–water partition coefficient (Wildman–Crippen LogP) is 3.25. The van der Waals surface area contributed by atoms with Crippen LogP contribution in [-0.2, 0) is 4.79 Å². The molecule has 0 fully saturated rings. The second kappa shape index (κ2) is 5.26. The summed E-state index contributed by atoms with van der Waals surface area (Å²) in [7, 11) is 0. The third-order valence-corrected chi connectivity index (χ3v) is 2.61. The summed E-state index contributed by atoms with van der Waals surface area (Å²) in [5.74, 6) is 0.0411. The van der Waals surface area contributed by atoms with Crippen LogP contribution in [0.5, 0.6) is 0 Å². The largest absolute Gasteiger partial charge is 0.326 e. The summed E-state index contributed by atoms with van der Waals surface area (Å²) in [6.07, 6.45) is 4.13. The van der Waals surface area contributed by atoms with Crippen LogP contribution in [0.15, 0.2) is 42.7 Å². The van der Waals surface area contributed by atoms with Crippen LogP contribution < -0.4 is 5.32 Å². The Morgan fingerprint density at radius 2 is 1.95 bits per heavy atom. The van der Waals surface area contributed by atoms with E-state index in [1.807, 2.05) is 57.3 Å². The second-order valence-electron chi connectivity index (χ2n) is 5.78. The highest BCUT2D eigenvalue weighted by molar-refractivity contribution is 5.91. The first-order chi connectivity index (χ1) is 8.94. The number of amides is 1. The molecule has 0 aliphatic rings. The van der Waals surface area contributed by atoms with Crippen molar-refractivity contribution in [2.75, 3.05) is 5.32 Å². The average Bonchev–Trinajstić information content (AvgIpc) is 2.80. The van der Waals surface area contributed by atoms with Gasteiger partial charge in [0.15, 0.2) is 0 Å². The zero-order valence-electron chi connectivity index (χ0n) is 11.6. The molecule has 1 N–H and O–H groups in total. The molecule has 1 aromatic heterocycles. The summed E-state index contributed by atoms with van der Waals surface area (Å²) in [6.45, 7) is 6.15. The van der Waals surface area contributed by atoms with E-state index >= 15 is 0 Å². The first-order valence-electron chi connectivity index (χ1n) is 6.34. The highest BCUT2D eigenvalue weighted by Gasteiger charge is 2.15. The number of carbonyl (C=O) groups is 1. The predicted molar refractivity (Wildman–Crippen MR) is 76.3 cm³/mol.